The molecule has 0 bridgehead atoms. The Morgan fingerprint density at radius 1 is 0.884 bits per heavy atom. The molecule has 224 valence electrons. The van der Waals surface area contributed by atoms with Crippen LogP contribution < -0.4 is 9.62 Å². The van der Waals surface area contributed by atoms with Crippen molar-refractivity contribution in [1.29, 1.82) is 0 Å². The van der Waals surface area contributed by atoms with E-state index in [2.05, 4.69) is 5.32 Å². The van der Waals surface area contributed by atoms with Gasteiger partial charge in [0.1, 0.15) is 18.4 Å². The predicted molar refractivity (Wildman–Crippen MR) is 167 cm³/mol. The van der Waals surface area contributed by atoms with Gasteiger partial charge >= 0.3 is 0 Å². The van der Waals surface area contributed by atoms with Crippen molar-refractivity contribution in [3.05, 3.63) is 130 Å². The third kappa shape index (κ3) is 7.80. The Kier molecular flexibility index (Phi) is 10.2. The molecule has 0 unspecified atom stereocenters. The lowest BCUT2D eigenvalue weighted by Gasteiger charge is -2.34. The zero-order valence-electron chi connectivity index (χ0n) is 24.1. The quantitative estimate of drug-likeness (QED) is 0.234. The molecule has 0 aliphatic rings. The smallest absolute Gasteiger partial charge is 0.264 e. The van der Waals surface area contributed by atoms with E-state index in [0.29, 0.717) is 16.1 Å². The molecule has 1 N–H and O–H groups in total. The monoisotopic (exact) mass is 621 g/mol. The van der Waals surface area contributed by atoms with Gasteiger partial charge in [0.05, 0.1) is 10.6 Å². The van der Waals surface area contributed by atoms with E-state index >= 15 is 0 Å². The van der Waals surface area contributed by atoms with Gasteiger partial charge in [-0.05, 0) is 66.9 Å². The first kappa shape index (κ1) is 31.7. The molecule has 4 aromatic rings. The second-order valence-electron chi connectivity index (χ2n) is 10.2. The summed E-state index contributed by atoms with van der Waals surface area (Å²) in [4.78, 5) is 29.0. The summed E-state index contributed by atoms with van der Waals surface area (Å²) in [6, 6.07) is 25.0. The van der Waals surface area contributed by atoms with Crippen LogP contribution in [0.3, 0.4) is 0 Å². The lowest BCUT2D eigenvalue weighted by Crippen LogP contribution is -2.53. The fraction of sp³-hybridized carbons (Fsp3) is 0.212. The van der Waals surface area contributed by atoms with Gasteiger partial charge in [-0.1, -0.05) is 77.8 Å². The molecule has 4 rings (SSSR count). The molecule has 1 atom stereocenters. The first-order valence-electron chi connectivity index (χ1n) is 13.6. The third-order valence-corrected chi connectivity index (χ3v) is 9.12. The van der Waals surface area contributed by atoms with E-state index in [-0.39, 0.29) is 23.5 Å². The van der Waals surface area contributed by atoms with Gasteiger partial charge in [-0.3, -0.25) is 13.9 Å². The van der Waals surface area contributed by atoms with Crippen molar-refractivity contribution in [3.8, 4) is 0 Å². The SMILES string of the molecule is CNC(=O)[C@@H](Cc1ccccc1)N(Cc1ccc(F)cc1)C(=O)CN(c1cc(Cl)ccc1C)S(=O)(=O)c1ccc(C)cc1. The Labute approximate surface area is 257 Å². The van der Waals surface area contributed by atoms with Crippen LogP contribution in [-0.4, -0.2) is 44.8 Å². The highest BCUT2D eigenvalue weighted by molar-refractivity contribution is 7.92. The van der Waals surface area contributed by atoms with Gasteiger partial charge < -0.3 is 10.2 Å². The molecule has 0 fully saturated rings. The lowest BCUT2D eigenvalue weighted by molar-refractivity contribution is -0.139. The molecule has 0 radical (unpaired) electrons. The van der Waals surface area contributed by atoms with Gasteiger partial charge in [0, 0.05) is 25.0 Å². The van der Waals surface area contributed by atoms with Crippen molar-refractivity contribution in [1.82, 2.24) is 10.2 Å². The van der Waals surface area contributed by atoms with Crippen LogP contribution in [-0.2, 0) is 32.6 Å². The summed E-state index contributed by atoms with van der Waals surface area (Å²) in [7, 11) is -2.77. The van der Waals surface area contributed by atoms with Crippen LogP contribution in [0.1, 0.15) is 22.3 Å². The third-order valence-electron chi connectivity index (χ3n) is 7.11. The Hall–Kier alpha value is -4.21. The maximum absolute atomic E-state index is 14.3. The Morgan fingerprint density at radius 2 is 1.53 bits per heavy atom. The number of nitrogens with zero attached hydrogens (tertiary/aromatic N) is 2. The second kappa shape index (κ2) is 13.8. The Bertz CT molecular complexity index is 1680. The van der Waals surface area contributed by atoms with E-state index in [1.165, 1.54) is 54.4 Å². The summed E-state index contributed by atoms with van der Waals surface area (Å²) in [6.45, 7) is 2.91. The molecule has 0 aliphatic carbocycles. The number of aryl methyl sites for hydroxylation is 2. The number of halogens is 2. The molecular weight excluding hydrogens is 589 g/mol. The summed E-state index contributed by atoms with van der Waals surface area (Å²) in [6.07, 6.45) is 0.175. The van der Waals surface area contributed by atoms with Crippen molar-refractivity contribution >= 4 is 39.1 Å². The number of hydrogen-bond acceptors (Lipinski definition) is 4. The van der Waals surface area contributed by atoms with Crippen LogP contribution in [0.4, 0.5) is 10.1 Å². The highest BCUT2D eigenvalue weighted by Crippen LogP contribution is 2.30. The zero-order chi connectivity index (χ0) is 31.1. The van der Waals surface area contributed by atoms with E-state index in [9.17, 15) is 22.4 Å². The molecule has 0 saturated carbocycles. The molecule has 0 saturated heterocycles. The van der Waals surface area contributed by atoms with Crippen LogP contribution >= 0.6 is 11.6 Å². The molecule has 10 heteroatoms. The number of anilines is 1. The maximum Gasteiger partial charge on any atom is 0.264 e. The van der Waals surface area contributed by atoms with E-state index in [1.54, 1.807) is 31.2 Å². The van der Waals surface area contributed by atoms with E-state index in [0.717, 1.165) is 15.4 Å². The lowest BCUT2D eigenvalue weighted by atomic mass is 10.0. The van der Waals surface area contributed by atoms with Crippen LogP contribution in [0.5, 0.6) is 0 Å². The predicted octanol–water partition coefficient (Wildman–Crippen LogP) is 5.68. The van der Waals surface area contributed by atoms with E-state index in [1.807, 2.05) is 37.3 Å². The van der Waals surface area contributed by atoms with Gasteiger partial charge in [0.15, 0.2) is 0 Å². The zero-order valence-corrected chi connectivity index (χ0v) is 25.7. The minimum atomic E-state index is -4.25. The van der Waals surface area contributed by atoms with Crippen molar-refractivity contribution in [2.24, 2.45) is 0 Å². The van der Waals surface area contributed by atoms with Gasteiger partial charge in [-0.25, -0.2) is 12.8 Å². The molecule has 0 aromatic heterocycles. The summed E-state index contributed by atoms with van der Waals surface area (Å²) < 4.78 is 43.0. The number of carbonyl (C=O) groups excluding carboxylic acids is 2. The van der Waals surface area contributed by atoms with Crippen molar-refractivity contribution < 1.29 is 22.4 Å². The molecule has 4 aromatic carbocycles. The molecule has 0 spiro atoms. The van der Waals surface area contributed by atoms with Crippen molar-refractivity contribution in [2.75, 3.05) is 17.9 Å². The molecule has 43 heavy (non-hydrogen) atoms. The Morgan fingerprint density at radius 3 is 2.16 bits per heavy atom. The van der Waals surface area contributed by atoms with Crippen LogP contribution in [0, 0.1) is 19.7 Å². The van der Waals surface area contributed by atoms with Crippen molar-refractivity contribution in [3.63, 3.8) is 0 Å². The minimum absolute atomic E-state index is 0.00231. The summed E-state index contributed by atoms with van der Waals surface area (Å²) in [5.74, 6) is -1.49. The average molecular weight is 622 g/mol. The van der Waals surface area contributed by atoms with Gasteiger partial charge in [-0.15, -0.1) is 0 Å². The number of likely N-dealkylation sites (N-methyl/N-ethyl adjacent to an activating group) is 1. The number of benzene rings is 4. The molecular formula is C33H33ClFN3O4S. The number of sulfonamides is 1. The van der Waals surface area contributed by atoms with Gasteiger partial charge in [0.25, 0.3) is 10.0 Å². The number of carbonyl (C=O) groups is 2. The van der Waals surface area contributed by atoms with E-state index < -0.39 is 40.2 Å². The normalized spacial score (nSPS) is 11.9. The fourth-order valence-corrected chi connectivity index (χ4v) is 6.35. The topological polar surface area (TPSA) is 86.8 Å². The Balaban J connectivity index is 1.81. The maximum atomic E-state index is 14.3. The number of amides is 2. The molecule has 7 nitrogen and oxygen atoms in total. The van der Waals surface area contributed by atoms with Crippen LogP contribution in [0.2, 0.25) is 5.02 Å². The summed E-state index contributed by atoms with van der Waals surface area (Å²) in [5, 5.41) is 2.94. The first-order chi connectivity index (χ1) is 20.5. The van der Waals surface area contributed by atoms with Gasteiger partial charge in [0.2, 0.25) is 11.8 Å². The van der Waals surface area contributed by atoms with E-state index in [4.69, 9.17) is 11.6 Å². The highest BCUT2D eigenvalue weighted by atomic mass is 35.5. The largest absolute Gasteiger partial charge is 0.357 e. The van der Waals surface area contributed by atoms with Gasteiger partial charge in [-0.2, -0.15) is 0 Å². The second-order valence-corrected chi connectivity index (χ2v) is 12.5. The number of nitrogens with one attached hydrogen (secondary N) is 1. The molecule has 0 aliphatic heterocycles. The van der Waals surface area contributed by atoms with Crippen LogP contribution in [0.25, 0.3) is 0 Å². The molecule has 2 amide bonds. The fourth-order valence-electron chi connectivity index (χ4n) is 4.71. The number of rotatable bonds is 11. The number of hydrogen-bond donors (Lipinski definition) is 1. The standard InChI is InChI=1S/C33H33ClFN3O4S/c1-23-9-17-29(18-10-23)43(41,42)38(30-20-27(34)14-11-24(30)2)22-32(39)37(21-26-12-15-28(35)16-13-26)31(33(40)36-3)19-25-7-5-4-6-8-25/h4-18,20,31H,19,21-22H2,1-3H3,(H,36,40)/t31-/m1/s1. The molecule has 0 heterocycles. The first-order valence-corrected chi connectivity index (χ1v) is 15.5. The minimum Gasteiger partial charge on any atom is -0.357 e. The van der Waals surface area contributed by atoms with Crippen LogP contribution in [0.15, 0.2) is 102 Å². The highest BCUT2D eigenvalue weighted by Gasteiger charge is 2.35. The average Bonchev–Trinajstić information content (AvgIpc) is 3.00. The summed E-state index contributed by atoms with van der Waals surface area (Å²) in [5.41, 5.74) is 3.08. The summed E-state index contributed by atoms with van der Waals surface area (Å²) >= 11 is 6.30. The van der Waals surface area contributed by atoms with Crippen molar-refractivity contribution in [2.45, 2.75) is 37.8 Å².